The van der Waals surface area contributed by atoms with E-state index in [0.29, 0.717) is 6.42 Å². The van der Waals surface area contributed by atoms with E-state index in [1.165, 1.54) is 0 Å². The molecule has 0 amide bonds. The number of hydrogen-bond acceptors (Lipinski definition) is 3. The van der Waals surface area contributed by atoms with Crippen LogP contribution in [-0.2, 0) is 6.42 Å². The Hall–Kier alpha value is -2.93. The van der Waals surface area contributed by atoms with Crippen LogP contribution in [-0.4, -0.2) is 21.0 Å². The van der Waals surface area contributed by atoms with Crippen LogP contribution >= 0.6 is 0 Å². The first kappa shape index (κ1) is 14.6. The van der Waals surface area contributed by atoms with Crippen molar-refractivity contribution in [3.63, 3.8) is 0 Å². The smallest absolute Gasteiger partial charge is 0.165 e. The highest BCUT2D eigenvalue weighted by molar-refractivity contribution is 5.98. The maximum atomic E-state index is 12.3. The van der Waals surface area contributed by atoms with Crippen LogP contribution in [0, 0.1) is 17.3 Å². The highest BCUT2D eigenvalue weighted by atomic mass is 16.1. The molecule has 4 rings (SSSR count). The zero-order valence-corrected chi connectivity index (χ0v) is 13.7. The fourth-order valence-electron chi connectivity index (χ4n) is 3.15. The Morgan fingerprint density at radius 2 is 1.92 bits per heavy atom. The van der Waals surface area contributed by atoms with Crippen LogP contribution in [0.25, 0.3) is 10.9 Å². The SMILES string of the molecule is CC1(C)CC(=O)c2cc(C#Cc3ccc4[nH]ncc4c3)cnc2C1. The summed E-state index contributed by atoms with van der Waals surface area (Å²) in [5, 5.41) is 7.96. The molecule has 0 fully saturated rings. The number of rotatable bonds is 0. The summed E-state index contributed by atoms with van der Waals surface area (Å²) in [5.41, 5.74) is 4.28. The third-order valence-corrected chi connectivity index (χ3v) is 4.35. The van der Waals surface area contributed by atoms with E-state index in [0.717, 1.165) is 39.7 Å². The number of H-pyrrole nitrogens is 1. The number of fused-ring (bicyclic) bond motifs is 2. The van der Waals surface area contributed by atoms with Crippen molar-refractivity contribution in [2.24, 2.45) is 5.41 Å². The van der Waals surface area contributed by atoms with Crippen LogP contribution in [0.1, 0.15) is 47.4 Å². The molecule has 0 radical (unpaired) electrons. The van der Waals surface area contributed by atoms with Crippen molar-refractivity contribution >= 4 is 16.7 Å². The molecule has 0 aliphatic heterocycles. The second-order valence-corrected chi connectivity index (χ2v) is 7.08. The van der Waals surface area contributed by atoms with Crippen LogP contribution in [0.2, 0.25) is 0 Å². The molecule has 0 saturated carbocycles. The molecule has 2 aromatic heterocycles. The summed E-state index contributed by atoms with van der Waals surface area (Å²) < 4.78 is 0. The lowest BCUT2D eigenvalue weighted by Gasteiger charge is -2.29. The number of nitrogens with zero attached hydrogens (tertiary/aromatic N) is 2. The molecule has 0 spiro atoms. The van der Waals surface area contributed by atoms with Gasteiger partial charge in [0.25, 0.3) is 0 Å². The minimum absolute atomic E-state index is 0.00964. The molecule has 0 bridgehead atoms. The Balaban J connectivity index is 1.67. The Morgan fingerprint density at radius 1 is 1.08 bits per heavy atom. The normalized spacial score (nSPS) is 15.7. The van der Waals surface area contributed by atoms with Gasteiger partial charge in [-0.2, -0.15) is 5.10 Å². The number of Topliss-reactive ketones (excluding diaryl/α,β-unsaturated/α-hetero) is 1. The number of hydrogen-bond donors (Lipinski definition) is 1. The summed E-state index contributed by atoms with van der Waals surface area (Å²) in [4.78, 5) is 16.8. The highest BCUT2D eigenvalue weighted by Gasteiger charge is 2.31. The zero-order chi connectivity index (χ0) is 16.7. The fourth-order valence-corrected chi connectivity index (χ4v) is 3.15. The lowest BCUT2D eigenvalue weighted by molar-refractivity contribution is 0.0910. The Morgan fingerprint density at radius 3 is 2.79 bits per heavy atom. The maximum Gasteiger partial charge on any atom is 0.165 e. The lowest BCUT2D eigenvalue weighted by atomic mass is 9.75. The van der Waals surface area contributed by atoms with Gasteiger partial charge in [0.05, 0.1) is 17.4 Å². The molecule has 4 heteroatoms. The van der Waals surface area contributed by atoms with Crippen LogP contribution in [0.3, 0.4) is 0 Å². The molecule has 1 aliphatic rings. The third kappa shape index (κ3) is 2.69. The van der Waals surface area contributed by atoms with E-state index in [1.807, 2.05) is 24.3 Å². The molecule has 3 aromatic rings. The lowest BCUT2D eigenvalue weighted by Crippen LogP contribution is -2.27. The van der Waals surface area contributed by atoms with Gasteiger partial charge in [-0.1, -0.05) is 25.7 Å². The Bertz CT molecular complexity index is 1020. The molecule has 1 aliphatic carbocycles. The summed E-state index contributed by atoms with van der Waals surface area (Å²) in [7, 11) is 0. The van der Waals surface area contributed by atoms with Gasteiger partial charge in [-0.15, -0.1) is 0 Å². The second kappa shape index (κ2) is 5.31. The standard InChI is InChI=1S/C20H17N3O/c1-20(2)9-18-16(19(24)10-20)8-14(11-21-18)4-3-13-5-6-17-15(7-13)12-22-23-17/h5-8,11-12H,9-10H2,1-2H3,(H,22,23). The van der Waals surface area contributed by atoms with Crippen molar-refractivity contribution < 1.29 is 4.79 Å². The van der Waals surface area contributed by atoms with E-state index in [2.05, 4.69) is 40.9 Å². The largest absolute Gasteiger partial charge is 0.294 e. The minimum Gasteiger partial charge on any atom is -0.294 e. The number of carbonyl (C=O) groups excluding carboxylic acids is 1. The van der Waals surface area contributed by atoms with E-state index in [1.54, 1.807) is 12.4 Å². The molecule has 0 unspecified atom stereocenters. The molecule has 24 heavy (non-hydrogen) atoms. The quantitative estimate of drug-likeness (QED) is 0.646. The van der Waals surface area contributed by atoms with Crippen LogP contribution in [0.4, 0.5) is 0 Å². The number of ketones is 1. The molecule has 1 aromatic carbocycles. The van der Waals surface area contributed by atoms with Crippen molar-refractivity contribution in [3.8, 4) is 11.8 Å². The topological polar surface area (TPSA) is 58.6 Å². The molecule has 1 N–H and O–H groups in total. The summed E-state index contributed by atoms with van der Waals surface area (Å²) in [6.07, 6.45) is 4.94. The molecule has 2 heterocycles. The average molecular weight is 315 g/mol. The molecule has 0 atom stereocenters. The van der Waals surface area contributed by atoms with Crippen molar-refractivity contribution in [1.29, 1.82) is 0 Å². The number of pyridine rings is 1. The monoisotopic (exact) mass is 315 g/mol. The van der Waals surface area contributed by atoms with E-state index < -0.39 is 0 Å². The van der Waals surface area contributed by atoms with Crippen LogP contribution in [0.5, 0.6) is 0 Å². The average Bonchev–Trinajstić information content (AvgIpc) is 3.00. The van der Waals surface area contributed by atoms with Gasteiger partial charge < -0.3 is 0 Å². The van der Waals surface area contributed by atoms with Gasteiger partial charge in [0.15, 0.2) is 5.78 Å². The van der Waals surface area contributed by atoms with Crippen LogP contribution in [0.15, 0.2) is 36.7 Å². The third-order valence-electron chi connectivity index (χ3n) is 4.35. The number of aromatic nitrogens is 3. The second-order valence-electron chi connectivity index (χ2n) is 7.08. The molecular formula is C20H17N3O. The van der Waals surface area contributed by atoms with Gasteiger partial charge in [0.2, 0.25) is 0 Å². The van der Waals surface area contributed by atoms with Gasteiger partial charge in [0, 0.05) is 34.7 Å². The predicted molar refractivity (Wildman–Crippen MR) is 92.7 cm³/mol. The van der Waals surface area contributed by atoms with E-state index >= 15 is 0 Å². The van der Waals surface area contributed by atoms with Gasteiger partial charge in [-0.25, -0.2) is 0 Å². The Kier molecular flexibility index (Phi) is 3.24. The first-order chi connectivity index (χ1) is 11.5. The van der Waals surface area contributed by atoms with E-state index in [9.17, 15) is 4.79 Å². The van der Waals surface area contributed by atoms with Crippen molar-refractivity contribution in [1.82, 2.24) is 15.2 Å². The first-order valence-electron chi connectivity index (χ1n) is 7.97. The Labute approximate surface area is 140 Å². The zero-order valence-electron chi connectivity index (χ0n) is 13.7. The molecule has 0 saturated heterocycles. The predicted octanol–water partition coefficient (Wildman–Crippen LogP) is 3.51. The van der Waals surface area contributed by atoms with Gasteiger partial charge in [-0.05, 0) is 36.1 Å². The molecular weight excluding hydrogens is 298 g/mol. The number of aromatic amines is 1. The highest BCUT2D eigenvalue weighted by Crippen LogP contribution is 2.33. The molecule has 118 valence electrons. The summed E-state index contributed by atoms with van der Waals surface area (Å²) in [5.74, 6) is 6.42. The van der Waals surface area contributed by atoms with Crippen molar-refractivity contribution in [3.05, 3.63) is 59.0 Å². The molecule has 4 nitrogen and oxygen atoms in total. The van der Waals surface area contributed by atoms with E-state index in [4.69, 9.17) is 0 Å². The van der Waals surface area contributed by atoms with Gasteiger partial charge in [0.1, 0.15) is 0 Å². The summed E-state index contributed by atoms with van der Waals surface area (Å²) in [6, 6.07) is 7.78. The maximum absolute atomic E-state index is 12.3. The number of carbonyl (C=O) groups is 1. The van der Waals surface area contributed by atoms with Crippen LogP contribution < -0.4 is 0 Å². The number of benzene rings is 1. The van der Waals surface area contributed by atoms with E-state index in [-0.39, 0.29) is 11.2 Å². The van der Waals surface area contributed by atoms with Crippen molar-refractivity contribution in [2.45, 2.75) is 26.7 Å². The van der Waals surface area contributed by atoms with Crippen molar-refractivity contribution in [2.75, 3.05) is 0 Å². The van der Waals surface area contributed by atoms with Gasteiger partial charge in [-0.3, -0.25) is 14.9 Å². The summed E-state index contributed by atoms with van der Waals surface area (Å²) in [6.45, 7) is 4.21. The number of nitrogens with one attached hydrogen (secondary N) is 1. The minimum atomic E-state index is -0.00964. The summed E-state index contributed by atoms with van der Waals surface area (Å²) >= 11 is 0. The fraction of sp³-hybridized carbons (Fsp3) is 0.250. The van der Waals surface area contributed by atoms with Gasteiger partial charge >= 0.3 is 0 Å². The first-order valence-corrected chi connectivity index (χ1v) is 7.97.